The van der Waals surface area contributed by atoms with E-state index in [0.29, 0.717) is 17.1 Å². The van der Waals surface area contributed by atoms with Crippen LogP contribution in [0, 0.1) is 0 Å². The molecule has 0 spiro atoms. The minimum Gasteiger partial charge on any atom is -0.482 e. The number of nitrogens with zero attached hydrogens (tertiary/aromatic N) is 1. The number of anilines is 2. The van der Waals surface area contributed by atoms with Gasteiger partial charge in [-0.25, -0.2) is 4.90 Å². The van der Waals surface area contributed by atoms with E-state index in [0.717, 1.165) is 4.90 Å². The summed E-state index contributed by atoms with van der Waals surface area (Å²) in [4.78, 5) is 25.2. The highest BCUT2D eigenvalue weighted by molar-refractivity contribution is 6.17. The van der Waals surface area contributed by atoms with Gasteiger partial charge in [0.1, 0.15) is 5.75 Å². The molecule has 19 heavy (non-hydrogen) atoms. The number of hydrogen-bond acceptors (Lipinski definition) is 5. The fraction of sp³-hybridized carbons (Fsp3) is 0.385. The van der Waals surface area contributed by atoms with Gasteiger partial charge in [-0.15, -0.1) is 0 Å². The highest BCUT2D eigenvalue weighted by Crippen LogP contribution is 2.34. The molecule has 0 fully saturated rings. The summed E-state index contributed by atoms with van der Waals surface area (Å²) in [6.07, 6.45) is 0.0625. The highest BCUT2D eigenvalue weighted by atomic mass is 16.5. The Balaban J connectivity index is 2.37. The van der Waals surface area contributed by atoms with Gasteiger partial charge in [-0.2, -0.15) is 0 Å². The molecule has 0 radical (unpaired) electrons. The van der Waals surface area contributed by atoms with Gasteiger partial charge in [0.25, 0.3) is 5.91 Å². The third kappa shape index (κ3) is 2.85. The third-order valence-corrected chi connectivity index (χ3v) is 2.68. The largest absolute Gasteiger partial charge is 0.482 e. The fourth-order valence-electron chi connectivity index (χ4n) is 1.91. The van der Waals surface area contributed by atoms with Gasteiger partial charge < -0.3 is 16.2 Å². The molecule has 4 N–H and O–H groups in total. The van der Waals surface area contributed by atoms with Crippen molar-refractivity contribution in [3.63, 3.8) is 0 Å². The Morgan fingerprint density at radius 1 is 1.47 bits per heavy atom. The van der Waals surface area contributed by atoms with Crippen LogP contribution in [0.4, 0.5) is 11.4 Å². The molecule has 0 saturated heterocycles. The zero-order valence-electron chi connectivity index (χ0n) is 11.0. The standard InChI is InChI=1S/C13H17N3O3/c1-13(2,15)6-11(17)16-9-5-8(14)3-4-10(9)19-7-12(16)18/h3-5H,6-7,14-15H2,1-2H3. The first-order valence-electron chi connectivity index (χ1n) is 5.95. The Kier molecular flexibility index (Phi) is 3.20. The van der Waals surface area contributed by atoms with Crippen molar-refractivity contribution in [2.45, 2.75) is 25.8 Å². The second kappa shape index (κ2) is 4.55. The minimum atomic E-state index is -0.684. The summed E-state index contributed by atoms with van der Waals surface area (Å²) in [5.41, 5.74) is 11.7. The Hall–Kier alpha value is -2.08. The first-order valence-corrected chi connectivity index (χ1v) is 5.95. The van der Waals surface area contributed by atoms with Crippen LogP contribution in [0.25, 0.3) is 0 Å². The van der Waals surface area contributed by atoms with Crippen LogP contribution in [0.5, 0.6) is 5.75 Å². The molecule has 0 unspecified atom stereocenters. The van der Waals surface area contributed by atoms with Crippen LogP contribution < -0.4 is 21.1 Å². The number of fused-ring (bicyclic) bond motifs is 1. The number of hydrogen-bond donors (Lipinski definition) is 2. The van der Waals surface area contributed by atoms with Gasteiger partial charge in [-0.1, -0.05) is 0 Å². The fourth-order valence-corrected chi connectivity index (χ4v) is 1.91. The minimum absolute atomic E-state index is 0.0625. The van der Waals surface area contributed by atoms with Crippen molar-refractivity contribution in [1.82, 2.24) is 0 Å². The van der Waals surface area contributed by atoms with Crippen molar-refractivity contribution in [2.75, 3.05) is 17.2 Å². The van der Waals surface area contributed by atoms with Crippen LogP contribution in [-0.2, 0) is 9.59 Å². The third-order valence-electron chi connectivity index (χ3n) is 2.68. The van der Waals surface area contributed by atoms with E-state index in [1.54, 1.807) is 32.0 Å². The molecule has 0 aliphatic carbocycles. The number of rotatable bonds is 2. The maximum absolute atomic E-state index is 12.2. The van der Waals surface area contributed by atoms with E-state index in [2.05, 4.69) is 0 Å². The zero-order valence-corrected chi connectivity index (χ0v) is 11.0. The molecule has 1 aliphatic rings. The van der Waals surface area contributed by atoms with Crippen molar-refractivity contribution < 1.29 is 14.3 Å². The van der Waals surface area contributed by atoms with E-state index in [9.17, 15) is 9.59 Å². The van der Waals surface area contributed by atoms with Crippen molar-refractivity contribution in [3.05, 3.63) is 18.2 Å². The van der Waals surface area contributed by atoms with Crippen LogP contribution in [0.3, 0.4) is 0 Å². The first-order chi connectivity index (χ1) is 8.78. The lowest BCUT2D eigenvalue weighted by molar-refractivity contribution is -0.128. The number of imide groups is 1. The zero-order chi connectivity index (χ0) is 14.2. The topological polar surface area (TPSA) is 98.7 Å². The Labute approximate surface area is 111 Å². The van der Waals surface area contributed by atoms with Crippen molar-refractivity contribution >= 4 is 23.2 Å². The summed E-state index contributed by atoms with van der Waals surface area (Å²) in [6, 6.07) is 4.85. The number of nitrogen functional groups attached to an aromatic ring is 1. The predicted molar refractivity (Wildman–Crippen MR) is 71.7 cm³/mol. The van der Waals surface area contributed by atoms with E-state index in [1.807, 2.05) is 0 Å². The molecular formula is C13H17N3O3. The molecule has 1 aromatic rings. The molecule has 0 aromatic heterocycles. The van der Waals surface area contributed by atoms with Gasteiger partial charge >= 0.3 is 0 Å². The molecule has 0 bridgehead atoms. The molecular weight excluding hydrogens is 246 g/mol. The van der Waals surface area contributed by atoms with Gasteiger partial charge in [0.05, 0.1) is 5.69 Å². The lowest BCUT2D eigenvalue weighted by Crippen LogP contribution is -2.47. The molecule has 1 heterocycles. The molecule has 1 aromatic carbocycles. The summed E-state index contributed by atoms with van der Waals surface area (Å²) >= 11 is 0. The quantitative estimate of drug-likeness (QED) is 0.763. The van der Waals surface area contributed by atoms with Crippen LogP contribution >= 0.6 is 0 Å². The lowest BCUT2D eigenvalue weighted by Gasteiger charge is -2.30. The average Bonchev–Trinajstić information content (AvgIpc) is 2.25. The van der Waals surface area contributed by atoms with Crippen molar-refractivity contribution in [3.8, 4) is 5.75 Å². The number of amides is 2. The van der Waals surface area contributed by atoms with E-state index in [4.69, 9.17) is 16.2 Å². The number of nitrogens with two attached hydrogens (primary N) is 2. The monoisotopic (exact) mass is 263 g/mol. The van der Waals surface area contributed by atoms with Gasteiger partial charge in [-0.3, -0.25) is 9.59 Å². The number of carbonyl (C=O) groups excluding carboxylic acids is 2. The normalized spacial score (nSPS) is 14.9. The van der Waals surface area contributed by atoms with Gasteiger partial charge in [0.15, 0.2) is 6.61 Å². The SMILES string of the molecule is CC(C)(N)CC(=O)N1C(=O)COc2ccc(N)cc21. The molecule has 6 heteroatoms. The van der Waals surface area contributed by atoms with E-state index < -0.39 is 11.4 Å². The molecule has 0 atom stereocenters. The van der Waals surface area contributed by atoms with Gasteiger partial charge in [0.2, 0.25) is 5.91 Å². The van der Waals surface area contributed by atoms with Crippen LogP contribution in [-0.4, -0.2) is 24.0 Å². The Morgan fingerprint density at radius 3 is 2.79 bits per heavy atom. The summed E-state index contributed by atoms with van der Waals surface area (Å²) in [7, 11) is 0. The lowest BCUT2D eigenvalue weighted by atomic mass is 10.0. The van der Waals surface area contributed by atoms with Gasteiger partial charge in [0, 0.05) is 17.6 Å². The van der Waals surface area contributed by atoms with Crippen molar-refractivity contribution in [1.29, 1.82) is 0 Å². The van der Waals surface area contributed by atoms with Gasteiger partial charge in [-0.05, 0) is 32.0 Å². The smallest absolute Gasteiger partial charge is 0.271 e. The predicted octanol–water partition coefficient (Wildman–Crippen LogP) is 0.648. The second-order valence-corrected chi connectivity index (χ2v) is 5.30. The number of carbonyl (C=O) groups is 2. The van der Waals surface area contributed by atoms with E-state index in [-0.39, 0.29) is 18.9 Å². The summed E-state index contributed by atoms with van der Waals surface area (Å²) in [5, 5.41) is 0. The van der Waals surface area contributed by atoms with Crippen LogP contribution in [0.15, 0.2) is 18.2 Å². The Morgan fingerprint density at radius 2 is 2.16 bits per heavy atom. The maximum atomic E-state index is 12.2. The highest BCUT2D eigenvalue weighted by Gasteiger charge is 2.33. The summed E-state index contributed by atoms with van der Waals surface area (Å²) in [6.45, 7) is 3.31. The molecule has 6 nitrogen and oxygen atoms in total. The van der Waals surface area contributed by atoms with Crippen molar-refractivity contribution in [2.24, 2.45) is 5.73 Å². The average molecular weight is 263 g/mol. The van der Waals surface area contributed by atoms with Crippen LogP contribution in [0.1, 0.15) is 20.3 Å². The van der Waals surface area contributed by atoms with Crippen LogP contribution in [0.2, 0.25) is 0 Å². The number of ether oxygens (including phenoxy) is 1. The molecule has 102 valence electrons. The Bertz CT molecular complexity index is 534. The summed E-state index contributed by atoms with van der Waals surface area (Å²) < 4.78 is 5.27. The molecule has 0 saturated carbocycles. The first kappa shape index (κ1) is 13.4. The van der Waals surface area contributed by atoms with E-state index in [1.165, 1.54) is 0 Å². The summed E-state index contributed by atoms with van der Waals surface area (Å²) in [5.74, 6) is -0.294. The second-order valence-electron chi connectivity index (χ2n) is 5.30. The molecule has 2 rings (SSSR count). The molecule has 2 amide bonds. The molecule has 1 aliphatic heterocycles. The van der Waals surface area contributed by atoms with E-state index >= 15 is 0 Å². The maximum Gasteiger partial charge on any atom is 0.271 e. The number of benzene rings is 1.